The number of nitrogens with one attached hydrogen (secondary N) is 1. The number of hydrogen-bond acceptors (Lipinski definition) is 3. The van der Waals surface area contributed by atoms with Crippen LogP contribution in [0.5, 0.6) is 5.75 Å². The highest BCUT2D eigenvalue weighted by Crippen LogP contribution is 2.32. The van der Waals surface area contributed by atoms with E-state index in [-0.39, 0.29) is 0 Å². The van der Waals surface area contributed by atoms with Crippen molar-refractivity contribution in [3.05, 3.63) is 113 Å². The second kappa shape index (κ2) is 9.43. The zero-order valence-corrected chi connectivity index (χ0v) is 18.8. The van der Waals surface area contributed by atoms with Crippen LogP contribution in [0.3, 0.4) is 0 Å². The summed E-state index contributed by atoms with van der Waals surface area (Å²) in [6.45, 7) is 2.57. The largest absolute Gasteiger partial charge is 0.423 e. The topological polar surface area (TPSA) is 45.3 Å². The molecule has 0 fully saturated rings. The monoisotopic (exact) mass is 476 g/mol. The number of carbonyl (C=O) groups is 1. The molecule has 1 N–H and O–H groups in total. The highest BCUT2D eigenvalue weighted by atomic mass is 19.4. The molecule has 0 amide bonds. The molecule has 5 rings (SSSR count). The molecule has 0 aliphatic carbocycles. The van der Waals surface area contributed by atoms with Gasteiger partial charge in [-0.3, -0.25) is 4.90 Å². The Labute approximate surface area is 201 Å². The van der Waals surface area contributed by atoms with Gasteiger partial charge in [0, 0.05) is 31.5 Å². The molecule has 178 valence electrons. The van der Waals surface area contributed by atoms with E-state index in [1.165, 1.54) is 23.4 Å². The highest BCUT2D eigenvalue weighted by Gasteiger charge is 2.30. The first-order chi connectivity index (χ1) is 16.9. The quantitative estimate of drug-likeness (QED) is 0.265. The third-order valence-corrected chi connectivity index (χ3v) is 6.21. The third-order valence-electron chi connectivity index (χ3n) is 6.21. The van der Waals surface area contributed by atoms with E-state index in [9.17, 15) is 18.0 Å². The van der Waals surface area contributed by atoms with E-state index in [1.807, 2.05) is 24.4 Å². The molecule has 0 spiro atoms. The Balaban J connectivity index is 1.31. The molecule has 0 atom stereocenters. The summed E-state index contributed by atoms with van der Waals surface area (Å²) in [7, 11) is 0. The molecule has 0 bridgehead atoms. The summed E-state index contributed by atoms with van der Waals surface area (Å²) in [5, 5.41) is 0. The molecule has 1 aromatic heterocycles. The average Bonchev–Trinajstić information content (AvgIpc) is 3.37. The molecule has 4 aromatic rings. The fourth-order valence-electron chi connectivity index (χ4n) is 4.41. The van der Waals surface area contributed by atoms with Crippen LogP contribution in [0.4, 0.5) is 13.2 Å². The maximum Gasteiger partial charge on any atom is 0.416 e. The molecule has 3 aromatic carbocycles. The zero-order chi connectivity index (χ0) is 24.4. The minimum atomic E-state index is -4.41. The van der Waals surface area contributed by atoms with Crippen LogP contribution in [0.15, 0.2) is 85.1 Å². The van der Waals surface area contributed by atoms with Gasteiger partial charge in [-0.25, -0.2) is 4.79 Å². The fraction of sp³-hybridized carbons (Fsp3) is 0.179. The second-order valence-electron chi connectivity index (χ2n) is 8.60. The number of carbonyl (C=O) groups excluding carboxylic acids is 1. The molecule has 7 heteroatoms. The summed E-state index contributed by atoms with van der Waals surface area (Å²) in [6.07, 6.45) is -1.64. The Kier molecular flexibility index (Phi) is 6.17. The molecule has 0 saturated carbocycles. The van der Waals surface area contributed by atoms with E-state index in [1.54, 1.807) is 30.3 Å². The first-order valence-corrected chi connectivity index (χ1v) is 11.3. The van der Waals surface area contributed by atoms with E-state index >= 15 is 0 Å². The normalized spacial score (nSPS) is 13.9. The Hall–Kier alpha value is -3.84. The van der Waals surface area contributed by atoms with E-state index in [4.69, 9.17) is 4.74 Å². The summed E-state index contributed by atoms with van der Waals surface area (Å²) in [5.41, 5.74) is 4.11. The van der Waals surface area contributed by atoms with Crippen molar-refractivity contribution in [2.75, 3.05) is 6.54 Å². The lowest BCUT2D eigenvalue weighted by atomic mass is 9.98. The molecule has 1 aliphatic rings. The van der Waals surface area contributed by atoms with Gasteiger partial charge in [0.2, 0.25) is 0 Å². The van der Waals surface area contributed by atoms with Crippen molar-refractivity contribution in [1.29, 1.82) is 0 Å². The third kappa shape index (κ3) is 5.15. The van der Waals surface area contributed by atoms with Crippen LogP contribution < -0.4 is 4.74 Å². The van der Waals surface area contributed by atoms with Crippen LogP contribution in [0.2, 0.25) is 0 Å². The van der Waals surface area contributed by atoms with Crippen LogP contribution in [0, 0.1) is 0 Å². The molecular formula is C28H23F3N2O2. The van der Waals surface area contributed by atoms with Crippen molar-refractivity contribution in [1.82, 2.24) is 9.88 Å². The fourth-order valence-corrected chi connectivity index (χ4v) is 4.41. The summed E-state index contributed by atoms with van der Waals surface area (Å²) < 4.78 is 44.4. The minimum absolute atomic E-state index is 0.294. The Morgan fingerprint density at radius 2 is 1.74 bits per heavy atom. The lowest BCUT2D eigenvalue weighted by Gasteiger charge is -2.28. The number of esters is 1. The van der Waals surface area contributed by atoms with Gasteiger partial charge in [-0.2, -0.15) is 13.2 Å². The van der Waals surface area contributed by atoms with E-state index in [2.05, 4.69) is 16.0 Å². The van der Waals surface area contributed by atoms with Gasteiger partial charge >= 0.3 is 12.1 Å². The van der Waals surface area contributed by atoms with Crippen molar-refractivity contribution in [2.45, 2.75) is 25.7 Å². The number of aromatic amines is 1. The first-order valence-electron chi connectivity index (χ1n) is 11.3. The van der Waals surface area contributed by atoms with E-state index in [0.717, 1.165) is 43.8 Å². The number of ether oxygens (including phenoxy) is 1. The smallest absolute Gasteiger partial charge is 0.416 e. The predicted octanol–water partition coefficient (Wildman–Crippen LogP) is 6.48. The summed E-state index contributed by atoms with van der Waals surface area (Å²) in [4.78, 5) is 18.6. The number of hydrogen-bond donors (Lipinski definition) is 1. The van der Waals surface area contributed by atoms with Crippen molar-refractivity contribution >= 4 is 5.97 Å². The van der Waals surface area contributed by atoms with Gasteiger partial charge in [0.25, 0.3) is 0 Å². The molecule has 1 aliphatic heterocycles. The summed E-state index contributed by atoms with van der Waals surface area (Å²) >= 11 is 0. The number of rotatable bonds is 5. The van der Waals surface area contributed by atoms with Crippen LogP contribution in [-0.4, -0.2) is 22.4 Å². The highest BCUT2D eigenvalue weighted by molar-refractivity contribution is 5.98. The summed E-state index contributed by atoms with van der Waals surface area (Å²) in [6, 6.07) is 21.3. The molecule has 35 heavy (non-hydrogen) atoms. The van der Waals surface area contributed by atoms with Crippen LogP contribution in [0.1, 0.15) is 32.7 Å². The lowest BCUT2D eigenvalue weighted by molar-refractivity contribution is -0.137. The number of aromatic nitrogens is 1. The number of halogens is 3. The molecular weight excluding hydrogens is 453 g/mol. The molecule has 2 heterocycles. The predicted molar refractivity (Wildman–Crippen MR) is 127 cm³/mol. The summed E-state index contributed by atoms with van der Waals surface area (Å²) in [5.74, 6) is -0.0987. The van der Waals surface area contributed by atoms with Gasteiger partial charge in [0.15, 0.2) is 0 Å². The van der Waals surface area contributed by atoms with Gasteiger partial charge < -0.3 is 9.72 Å². The van der Waals surface area contributed by atoms with E-state index < -0.39 is 17.7 Å². The van der Waals surface area contributed by atoms with Crippen molar-refractivity contribution in [3.63, 3.8) is 0 Å². The number of nitrogens with zero attached hydrogens (tertiary/aromatic N) is 1. The maximum absolute atomic E-state index is 13.0. The minimum Gasteiger partial charge on any atom is -0.423 e. The van der Waals surface area contributed by atoms with Crippen molar-refractivity contribution in [3.8, 4) is 16.9 Å². The van der Waals surface area contributed by atoms with Crippen LogP contribution in [0.25, 0.3) is 11.1 Å². The van der Waals surface area contributed by atoms with Gasteiger partial charge in [-0.05, 0) is 71.1 Å². The molecule has 0 saturated heterocycles. The number of H-pyrrole nitrogens is 1. The maximum atomic E-state index is 13.0. The van der Waals surface area contributed by atoms with Gasteiger partial charge in [-0.1, -0.05) is 36.4 Å². The molecule has 0 radical (unpaired) electrons. The van der Waals surface area contributed by atoms with Crippen molar-refractivity contribution < 1.29 is 22.7 Å². The number of fused-ring (bicyclic) bond motifs is 1. The van der Waals surface area contributed by atoms with Crippen LogP contribution in [-0.2, 0) is 25.7 Å². The van der Waals surface area contributed by atoms with Gasteiger partial charge in [-0.15, -0.1) is 0 Å². The first kappa shape index (κ1) is 22.9. The van der Waals surface area contributed by atoms with Gasteiger partial charge in [0.05, 0.1) is 11.1 Å². The van der Waals surface area contributed by atoms with Crippen LogP contribution >= 0.6 is 0 Å². The molecule has 0 unspecified atom stereocenters. The number of benzene rings is 3. The van der Waals surface area contributed by atoms with Gasteiger partial charge in [0.1, 0.15) is 5.75 Å². The SMILES string of the molecule is O=C(Oc1ccc2c(c1)CCN(Cc1ccc[nH]1)C2)c1ccccc1-c1ccc(C(F)(F)F)cc1. The van der Waals surface area contributed by atoms with Crippen molar-refractivity contribution in [2.24, 2.45) is 0 Å². The Bertz CT molecular complexity index is 1330. The Morgan fingerprint density at radius 3 is 2.49 bits per heavy atom. The Morgan fingerprint density at radius 1 is 0.943 bits per heavy atom. The van der Waals surface area contributed by atoms with E-state index in [0.29, 0.717) is 22.4 Å². The lowest BCUT2D eigenvalue weighted by Crippen LogP contribution is -2.30. The number of alkyl halides is 3. The second-order valence-corrected chi connectivity index (χ2v) is 8.60. The molecule has 4 nitrogen and oxygen atoms in total. The zero-order valence-electron chi connectivity index (χ0n) is 18.8. The average molecular weight is 476 g/mol. The standard InChI is InChI=1S/C28H23F3N2O2/c29-28(30,31)22-10-7-19(8-11-22)25-5-1-2-6-26(25)27(34)35-24-12-9-21-17-33(15-13-20(21)16-24)18-23-4-3-14-32-23/h1-12,14,16,32H,13,15,17-18H2.